The summed E-state index contributed by atoms with van der Waals surface area (Å²) in [4.78, 5) is 39.4. The molecule has 0 bridgehead atoms. The number of carboxylic acid groups (broad SMARTS) is 1. The molecule has 0 saturated carbocycles. The van der Waals surface area contributed by atoms with Crippen LogP contribution in [0.2, 0.25) is 0 Å². The Hall–Kier alpha value is -1.79. The Morgan fingerprint density at radius 2 is 1.76 bits per heavy atom. The largest absolute Gasteiger partial charge is 0.481 e. The summed E-state index contributed by atoms with van der Waals surface area (Å²) in [5, 5.41) is 11.8. The van der Waals surface area contributed by atoms with Gasteiger partial charge in [0.25, 0.3) is 0 Å². The van der Waals surface area contributed by atoms with Gasteiger partial charge in [0.2, 0.25) is 5.91 Å². The van der Waals surface area contributed by atoms with Crippen molar-refractivity contribution in [2.75, 3.05) is 32.7 Å². The Balaban J connectivity index is 1.81. The van der Waals surface area contributed by atoms with Gasteiger partial charge in [-0.2, -0.15) is 0 Å². The van der Waals surface area contributed by atoms with Crippen molar-refractivity contribution in [3.63, 3.8) is 0 Å². The molecule has 25 heavy (non-hydrogen) atoms. The van der Waals surface area contributed by atoms with Gasteiger partial charge >= 0.3 is 12.0 Å². The summed E-state index contributed by atoms with van der Waals surface area (Å²) < 4.78 is 0. The fraction of sp³-hybridized carbons (Fsp3) is 0.833. The van der Waals surface area contributed by atoms with Gasteiger partial charge in [0.15, 0.2) is 0 Å². The first-order chi connectivity index (χ1) is 11.9. The van der Waals surface area contributed by atoms with Crippen LogP contribution in [0, 0.1) is 17.8 Å². The maximum Gasteiger partial charge on any atom is 0.317 e. The Bertz CT molecular complexity index is 487. The summed E-state index contributed by atoms with van der Waals surface area (Å²) in [6.07, 6.45) is 3.37. The summed E-state index contributed by atoms with van der Waals surface area (Å²) in [5.74, 6) is -0.200. The molecule has 1 atom stereocenters. The minimum atomic E-state index is -0.764. The van der Waals surface area contributed by atoms with Gasteiger partial charge in [0.05, 0.1) is 5.92 Å². The second kappa shape index (κ2) is 9.06. The normalized spacial score (nSPS) is 22.1. The van der Waals surface area contributed by atoms with Crippen LogP contribution in [-0.2, 0) is 9.59 Å². The molecule has 3 amide bonds. The number of hydrogen-bond donors (Lipinski definition) is 2. The molecule has 2 aliphatic rings. The van der Waals surface area contributed by atoms with Crippen LogP contribution >= 0.6 is 0 Å². The molecule has 7 nitrogen and oxygen atoms in total. The lowest BCUT2D eigenvalue weighted by molar-refractivity contribution is -0.140. The van der Waals surface area contributed by atoms with Gasteiger partial charge in [-0.15, -0.1) is 0 Å². The van der Waals surface area contributed by atoms with E-state index in [4.69, 9.17) is 5.11 Å². The second-order valence-corrected chi connectivity index (χ2v) is 7.73. The van der Waals surface area contributed by atoms with Crippen molar-refractivity contribution in [1.82, 2.24) is 15.1 Å². The number of nitrogens with one attached hydrogen (secondary N) is 1. The number of likely N-dealkylation sites (tertiary alicyclic amines) is 2. The zero-order chi connectivity index (χ0) is 18.4. The van der Waals surface area contributed by atoms with Crippen molar-refractivity contribution < 1.29 is 19.5 Å². The van der Waals surface area contributed by atoms with Crippen molar-refractivity contribution in [2.24, 2.45) is 17.8 Å². The number of rotatable bonds is 5. The molecular formula is C18H31N3O4. The molecule has 7 heteroatoms. The number of carbonyl (C=O) groups is 3. The van der Waals surface area contributed by atoms with Crippen molar-refractivity contribution >= 4 is 17.9 Å². The standard InChI is InChI=1S/C18H31N3O4/c1-13(2)11-19-18(25)21-7-3-4-15(12-21)17(24)20-8-5-14(6-9-20)10-16(22)23/h13-15H,3-12H2,1-2H3,(H,19,25)(H,22,23). The van der Waals surface area contributed by atoms with E-state index in [9.17, 15) is 14.4 Å². The van der Waals surface area contributed by atoms with Crippen LogP contribution < -0.4 is 5.32 Å². The topological polar surface area (TPSA) is 90.0 Å². The average molecular weight is 353 g/mol. The van der Waals surface area contributed by atoms with Crippen LogP contribution in [0.15, 0.2) is 0 Å². The number of carboxylic acids is 1. The summed E-state index contributed by atoms with van der Waals surface area (Å²) in [7, 11) is 0. The molecule has 2 N–H and O–H groups in total. The molecule has 2 saturated heterocycles. The van der Waals surface area contributed by atoms with E-state index in [2.05, 4.69) is 19.2 Å². The summed E-state index contributed by atoms with van der Waals surface area (Å²) in [6.45, 7) is 7.20. The number of nitrogens with zero attached hydrogens (tertiary/aromatic N) is 2. The summed E-state index contributed by atoms with van der Waals surface area (Å²) in [6, 6.07) is -0.0774. The molecule has 142 valence electrons. The lowest BCUT2D eigenvalue weighted by Crippen LogP contribution is -2.51. The highest BCUT2D eigenvalue weighted by atomic mass is 16.4. The maximum absolute atomic E-state index is 12.8. The summed E-state index contributed by atoms with van der Waals surface area (Å²) in [5.41, 5.74) is 0. The second-order valence-electron chi connectivity index (χ2n) is 7.73. The van der Waals surface area contributed by atoms with Gasteiger partial charge in [-0.05, 0) is 37.5 Å². The molecule has 0 aromatic rings. The Labute approximate surface area is 149 Å². The third-order valence-electron chi connectivity index (χ3n) is 5.11. The smallest absolute Gasteiger partial charge is 0.317 e. The van der Waals surface area contributed by atoms with Gasteiger partial charge in [-0.3, -0.25) is 9.59 Å². The fourth-order valence-corrected chi connectivity index (χ4v) is 3.63. The molecule has 0 radical (unpaired) electrons. The molecule has 2 rings (SSSR count). The van der Waals surface area contributed by atoms with E-state index < -0.39 is 5.97 Å². The minimum absolute atomic E-state index is 0.0774. The zero-order valence-corrected chi connectivity index (χ0v) is 15.4. The summed E-state index contributed by atoms with van der Waals surface area (Å²) >= 11 is 0. The predicted molar refractivity (Wildman–Crippen MR) is 94.1 cm³/mol. The highest BCUT2D eigenvalue weighted by Crippen LogP contribution is 2.24. The van der Waals surface area contributed by atoms with Crippen LogP contribution in [0.3, 0.4) is 0 Å². The van der Waals surface area contributed by atoms with E-state index in [0.717, 1.165) is 25.7 Å². The maximum atomic E-state index is 12.8. The quantitative estimate of drug-likeness (QED) is 0.788. The molecule has 0 aliphatic carbocycles. The highest BCUT2D eigenvalue weighted by molar-refractivity contribution is 5.81. The van der Waals surface area contributed by atoms with Gasteiger partial charge in [0, 0.05) is 39.1 Å². The Morgan fingerprint density at radius 1 is 1.08 bits per heavy atom. The van der Waals surface area contributed by atoms with E-state index in [1.807, 2.05) is 4.90 Å². The fourth-order valence-electron chi connectivity index (χ4n) is 3.63. The Morgan fingerprint density at radius 3 is 2.36 bits per heavy atom. The third-order valence-corrected chi connectivity index (χ3v) is 5.11. The lowest BCUT2D eigenvalue weighted by atomic mass is 9.91. The first-order valence-corrected chi connectivity index (χ1v) is 9.40. The predicted octanol–water partition coefficient (Wildman–Crippen LogP) is 1.78. The van der Waals surface area contributed by atoms with E-state index in [-0.39, 0.29) is 30.2 Å². The molecule has 2 aliphatic heterocycles. The number of urea groups is 1. The molecule has 2 fully saturated rings. The van der Waals surface area contributed by atoms with E-state index in [1.54, 1.807) is 4.90 Å². The van der Waals surface area contributed by atoms with Crippen molar-refractivity contribution in [2.45, 2.75) is 46.0 Å². The van der Waals surface area contributed by atoms with Crippen LogP contribution in [0.5, 0.6) is 0 Å². The number of hydrogen-bond acceptors (Lipinski definition) is 3. The van der Waals surface area contributed by atoms with Crippen molar-refractivity contribution in [3.8, 4) is 0 Å². The number of carbonyl (C=O) groups excluding carboxylic acids is 2. The average Bonchev–Trinajstić information content (AvgIpc) is 2.59. The van der Waals surface area contributed by atoms with Crippen LogP contribution in [0.1, 0.15) is 46.0 Å². The van der Waals surface area contributed by atoms with Gasteiger partial charge < -0.3 is 20.2 Å². The van der Waals surface area contributed by atoms with Crippen molar-refractivity contribution in [3.05, 3.63) is 0 Å². The minimum Gasteiger partial charge on any atom is -0.481 e. The van der Waals surface area contributed by atoms with E-state index in [1.165, 1.54) is 0 Å². The van der Waals surface area contributed by atoms with E-state index >= 15 is 0 Å². The highest BCUT2D eigenvalue weighted by Gasteiger charge is 2.33. The molecule has 2 heterocycles. The van der Waals surface area contributed by atoms with Gasteiger partial charge in [-0.1, -0.05) is 13.8 Å². The number of piperidine rings is 2. The molecule has 0 aromatic carbocycles. The molecule has 0 aromatic heterocycles. The monoisotopic (exact) mass is 353 g/mol. The third kappa shape index (κ3) is 5.90. The molecular weight excluding hydrogens is 322 g/mol. The van der Waals surface area contributed by atoms with Crippen LogP contribution in [-0.4, -0.2) is 65.5 Å². The van der Waals surface area contributed by atoms with Gasteiger partial charge in [-0.25, -0.2) is 4.79 Å². The first-order valence-electron chi connectivity index (χ1n) is 9.40. The lowest BCUT2D eigenvalue weighted by Gasteiger charge is -2.37. The van der Waals surface area contributed by atoms with Gasteiger partial charge in [0.1, 0.15) is 0 Å². The van der Waals surface area contributed by atoms with E-state index in [0.29, 0.717) is 38.6 Å². The molecule has 1 unspecified atom stereocenters. The zero-order valence-electron chi connectivity index (χ0n) is 15.4. The SMILES string of the molecule is CC(C)CNC(=O)N1CCCC(C(=O)N2CCC(CC(=O)O)CC2)C1. The number of aliphatic carboxylic acids is 1. The number of amides is 3. The first kappa shape index (κ1) is 19.5. The van der Waals surface area contributed by atoms with Crippen LogP contribution in [0.4, 0.5) is 4.79 Å². The van der Waals surface area contributed by atoms with Crippen LogP contribution in [0.25, 0.3) is 0 Å². The Kier molecular flexibility index (Phi) is 7.08. The van der Waals surface area contributed by atoms with Crippen molar-refractivity contribution in [1.29, 1.82) is 0 Å². The molecule has 0 spiro atoms.